The molecular weight excluding hydrogens is 283 g/mol. The lowest BCUT2D eigenvalue weighted by atomic mass is 9.62. The first-order valence-electron chi connectivity index (χ1n) is 7.86. The number of piperidine rings is 1. The lowest BCUT2D eigenvalue weighted by molar-refractivity contribution is -0.143. The Morgan fingerprint density at radius 1 is 1.32 bits per heavy atom. The van der Waals surface area contributed by atoms with E-state index in [1.54, 1.807) is 13.2 Å². The number of nitrogens with zero attached hydrogens (tertiary/aromatic N) is 1. The molecule has 4 N–H and O–H groups in total. The summed E-state index contributed by atoms with van der Waals surface area (Å²) in [5, 5.41) is 3.49. The van der Waals surface area contributed by atoms with Crippen molar-refractivity contribution in [2.24, 2.45) is 11.8 Å². The van der Waals surface area contributed by atoms with Crippen molar-refractivity contribution in [2.45, 2.75) is 24.9 Å². The predicted molar refractivity (Wildman–Crippen MR) is 82.9 cm³/mol. The molecule has 2 atom stereocenters. The minimum absolute atomic E-state index is 0.279. The molecule has 118 valence electrons. The summed E-state index contributed by atoms with van der Waals surface area (Å²) in [7, 11) is 1.74. The summed E-state index contributed by atoms with van der Waals surface area (Å²) in [5.41, 5.74) is 7.53. The molecule has 2 bridgehead atoms. The second-order valence-corrected chi connectivity index (χ2v) is 6.45. The van der Waals surface area contributed by atoms with Gasteiger partial charge in [-0.25, -0.2) is 9.37 Å². The van der Waals surface area contributed by atoms with Gasteiger partial charge in [-0.1, -0.05) is 6.42 Å². The van der Waals surface area contributed by atoms with E-state index in [2.05, 4.69) is 15.3 Å². The van der Waals surface area contributed by atoms with Crippen LogP contribution in [0.3, 0.4) is 0 Å². The molecule has 0 spiro atoms. The molecule has 2 heterocycles. The highest BCUT2D eigenvalue weighted by Crippen LogP contribution is 2.51. The predicted octanol–water partition coefficient (Wildman–Crippen LogP) is 2.15. The number of rotatable bonds is 2. The van der Waals surface area contributed by atoms with Crippen LogP contribution in [0, 0.1) is 17.7 Å². The second-order valence-electron chi connectivity index (χ2n) is 6.45. The number of nitrogen functional groups attached to an aromatic ring is 1. The van der Waals surface area contributed by atoms with Crippen molar-refractivity contribution in [1.82, 2.24) is 15.3 Å². The number of benzene rings is 1. The molecule has 1 saturated heterocycles. The van der Waals surface area contributed by atoms with E-state index in [9.17, 15) is 4.39 Å². The van der Waals surface area contributed by atoms with E-state index < -0.39 is 5.60 Å². The molecule has 1 aromatic heterocycles. The number of nitrogens with two attached hydrogens (primary N) is 1. The van der Waals surface area contributed by atoms with Crippen molar-refractivity contribution in [3.8, 4) is 0 Å². The van der Waals surface area contributed by atoms with Gasteiger partial charge in [0.25, 0.3) is 0 Å². The van der Waals surface area contributed by atoms with E-state index in [0.717, 1.165) is 37.0 Å². The Bertz CT molecular complexity index is 691. The van der Waals surface area contributed by atoms with Gasteiger partial charge in [0.15, 0.2) is 5.95 Å². The number of anilines is 1. The van der Waals surface area contributed by atoms with E-state index in [1.165, 1.54) is 12.5 Å². The Kier molecular flexibility index (Phi) is 3.13. The number of halogens is 1. The van der Waals surface area contributed by atoms with Crippen molar-refractivity contribution in [3.05, 3.63) is 23.5 Å². The molecule has 22 heavy (non-hydrogen) atoms. The van der Waals surface area contributed by atoms with E-state index in [-0.39, 0.29) is 5.82 Å². The van der Waals surface area contributed by atoms with Crippen LogP contribution in [-0.2, 0) is 10.3 Å². The third kappa shape index (κ3) is 1.80. The number of nitrogens with one attached hydrogen (secondary N) is 2. The van der Waals surface area contributed by atoms with Gasteiger partial charge >= 0.3 is 0 Å². The number of aromatic nitrogens is 2. The van der Waals surface area contributed by atoms with Crippen LogP contribution in [0.25, 0.3) is 11.0 Å². The molecular formula is C16H21FN4O. The van der Waals surface area contributed by atoms with E-state index >= 15 is 0 Å². The Balaban J connectivity index is 1.98. The zero-order chi connectivity index (χ0) is 15.3. The second kappa shape index (κ2) is 4.93. The first-order valence-corrected chi connectivity index (χ1v) is 7.86. The molecule has 2 fully saturated rings. The number of methoxy groups -OCH3 is 1. The van der Waals surface area contributed by atoms with Gasteiger partial charge in [-0.15, -0.1) is 0 Å². The third-order valence-electron chi connectivity index (χ3n) is 5.43. The molecule has 1 aromatic carbocycles. The minimum atomic E-state index is -0.481. The summed E-state index contributed by atoms with van der Waals surface area (Å²) in [6, 6.07) is 3.03. The number of fused-ring (bicyclic) bond motifs is 3. The minimum Gasteiger partial charge on any atom is -0.373 e. The van der Waals surface area contributed by atoms with Crippen molar-refractivity contribution >= 4 is 17.0 Å². The first-order chi connectivity index (χ1) is 10.6. The monoisotopic (exact) mass is 304 g/mol. The molecule has 2 aliphatic rings. The van der Waals surface area contributed by atoms with Crippen LogP contribution in [0.4, 0.5) is 10.3 Å². The molecule has 1 saturated carbocycles. The van der Waals surface area contributed by atoms with Crippen LogP contribution in [0.15, 0.2) is 12.1 Å². The van der Waals surface area contributed by atoms with Crippen LogP contribution in [0.1, 0.15) is 24.8 Å². The average molecular weight is 304 g/mol. The summed E-state index contributed by atoms with van der Waals surface area (Å²) >= 11 is 0. The van der Waals surface area contributed by atoms with Crippen LogP contribution < -0.4 is 11.1 Å². The molecule has 5 nitrogen and oxygen atoms in total. The van der Waals surface area contributed by atoms with Gasteiger partial charge in [0.05, 0.1) is 11.0 Å². The Labute approximate surface area is 128 Å². The van der Waals surface area contributed by atoms with E-state index in [0.29, 0.717) is 23.3 Å². The fourth-order valence-corrected chi connectivity index (χ4v) is 4.59. The lowest BCUT2D eigenvalue weighted by Gasteiger charge is -2.52. The van der Waals surface area contributed by atoms with Crippen LogP contribution in [-0.4, -0.2) is 30.2 Å². The van der Waals surface area contributed by atoms with Gasteiger partial charge in [-0.05, 0) is 25.0 Å². The molecule has 1 aliphatic carbocycles. The maximum Gasteiger partial charge on any atom is 0.198 e. The SMILES string of the molecule is COC1(c2cc(F)cc3[nH]c(N)nc23)C2CCCC1CNC2. The van der Waals surface area contributed by atoms with E-state index in [1.807, 2.05) is 0 Å². The van der Waals surface area contributed by atoms with Gasteiger partial charge in [-0.3, -0.25) is 0 Å². The van der Waals surface area contributed by atoms with Crippen molar-refractivity contribution in [2.75, 3.05) is 25.9 Å². The highest BCUT2D eigenvalue weighted by molar-refractivity contribution is 5.82. The molecule has 2 aromatic rings. The van der Waals surface area contributed by atoms with Gasteiger partial charge in [0.1, 0.15) is 11.4 Å². The quantitative estimate of drug-likeness (QED) is 0.794. The summed E-state index contributed by atoms with van der Waals surface area (Å²) < 4.78 is 20.3. The number of hydrogen-bond donors (Lipinski definition) is 3. The standard InChI is InChI=1S/C16H21FN4O/c1-22-16(9-3-2-4-10(16)8-19-7-9)12-5-11(17)6-13-14(12)21-15(18)20-13/h5-6,9-10,19H,2-4,7-8H2,1H3,(H3,18,20,21). The lowest BCUT2D eigenvalue weighted by Crippen LogP contribution is -2.58. The van der Waals surface area contributed by atoms with Crippen molar-refractivity contribution in [1.29, 1.82) is 0 Å². The van der Waals surface area contributed by atoms with Gasteiger partial charge in [0, 0.05) is 37.6 Å². The van der Waals surface area contributed by atoms with Crippen LogP contribution in [0.2, 0.25) is 0 Å². The van der Waals surface area contributed by atoms with Crippen LogP contribution in [0.5, 0.6) is 0 Å². The van der Waals surface area contributed by atoms with Crippen molar-refractivity contribution in [3.63, 3.8) is 0 Å². The Morgan fingerprint density at radius 3 is 2.73 bits per heavy atom. The summed E-state index contributed by atoms with van der Waals surface area (Å²) in [4.78, 5) is 7.35. The molecule has 6 heteroatoms. The number of hydrogen-bond acceptors (Lipinski definition) is 4. The first kappa shape index (κ1) is 14.0. The van der Waals surface area contributed by atoms with E-state index in [4.69, 9.17) is 10.5 Å². The fourth-order valence-electron chi connectivity index (χ4n) is 4.59. The Hall–Kier alpha value is -1.66. The van der Waals surface area contributed by atoms with Crippen LogP contribution >= 0.6 is 0 Å². The number of imidazole rings is 1. The zero-order valence-corrected chi connectivity index (χ0v) is 12.7. The fraction of sp³-hybridized carbons (Fsp3) is 0.562. The molecule has 0 amide bonds. The molecule has 2 unspecified atom stereocenters. The third-order valence-corrected chi connectivity index (χ3v) is 5.43. The number of H-pyrrole nitrogens is 1. The maximum absolute atomic E-state index is 14.2. The molecule has 1 aliphatic heterocycles. The zero-order valence-electron chi connectivity index (χ0n) is 12.7. The van der Waals surface area contributed by atoms with Gasteiger partial charge in [-0.2, -0.15) is 0 Å². The summed E-state index contributed by atoms with van der Waals surface area (Å²) in [5.74, 6) is 0.687. The molecule has 0 radical (unpaired) electrons. The summed E-state index contributed by atoms with van der Waals surface area (Å²) in [6.45, 7) is 1.78. The smallest absolute Gasteiger partial charge is 0.198 e. The Morgan fingerprint density at radius 2 is 2.05 bits per heavy atom. The largest absolute Gasteiger partial charge is 0.373 e. The molecule has 4 rings (SSSR count). The average Bonchev–Trinajstić information content (AvgIpc) is 2.85. The number of aromatic amines is 1. The highest BCUT2D eigenvalue weighted by atomic mass is 19.1. The summed E-state index contributed by atoms with van der Waals surface area (Å²) in [6.07, 6.45) is 3.35. The topological polar surface area (TPSA) is 76.0 Å². The van der Waals surface area contributed by atoms with Crippen molar-refractivity contribution < 1.29 is 9.13 Å². The maximum atomic E-state index is 14.2. The van der Waals surface area contributed by atoms with Gasteiger partial charge in [0.2, 0.25) is 0 Å². The number of ether oxygens (including phenoxy) is 1. The normalized spacial score (nSPS) is 31.5. The van der Waals surface area contributed by atoms with Gasteiger partial charge < -0.3 is 20.8 Å². The highest BCUT2D eigenvalue weighted by Gasteiger charge is 2.52.